The summed E-state index contributed by atoms with van der Waals surface area (Å²) in [7, 11) is 1.55. The van der Waals surface area contributed by atoms with Crippen LogP contribution >= 0.6 is 0 Å². The highest BCUT2D eigenvalue weighted by atomic mass is 16.5. The molecule has 1 heterocycles. The van der Waals surface area contributed by atoms with Gasteiger partial charge in [0.05, 0.1) is 7.11 Å². The van der Waals surface area contributed by atoms with Gasteiger partial charge in [-0.2, -0.15) is 0 Å². The largest absolute Gasteiger partial charge is 0.504 e. The van der Waals surface area contributed by atoms with Crippen LogP contribution in [0.1, 0.15) is 24.2 Å². The Hall–Kier alpha value is -1.64. The van der Waals surface area contributed by atoms with Gasteiger partial charge in [-0.05, 0) is 25.3 Å². The molecule has 0 amide bonds. The Morgan fingerprint density at radius 2 is 2.06 bits per heavy atom. The van der Waals surface area contributed by atoms with E-state index in [0.717, 1.165) is 29.6 Å². The maximum Gasteiger partial charge on any atom is 0.164 e. The Balaban J connectivity index is 2.27. The molecule has 3 nitrogen and oxygen atoms in total. The van der Waals surface area contributed by atoms with Crippen molar-refractivity contribution in [2.24, 2.45) is 0 Å². The van der Waals surface area contributed by atoms with Crippen LogP contribution in [0.2, 0.25) is 0 Å². The van der Waals surface area contributed by atoms with E-state index in [2.05, 4.69) is 0 Å². The number of hydrogen-bond donors (Lipinski definition) is 1. The highest BCUT2D eigenvalue weighted by Crippen LogP contribution is 2.38. The molecular formula is C13H14O3. The number of aromatic hydroxyl groups is 1. The SMILES string of the molecule is COc1cc2oc3c(c2cc1O)CCCC3. The minimum absolute atomic E-state index is 0.184. The Kier molecular flexibility index (Phi) is 2.06. The highest BCUT2D eigenvalue weighted by molar-refractivity contribution is 5.86. The molecule has 16 heavy (non-hydrogen) atoms. The third-order valence-electron chi connectivity index (χ3n) is 3.26. The maximum absolute atomic E-state index is 9.76. The number of furan rings is 1. The van der Waals surface area contributed by atoms with E-state index in [9.17, 15) is 5.11 Å². The first-order valence-corrected chi connectivity index (χ1v) is 5.61. The number of rotatable bonds is 1. The summed E-state index contributed by atoms with van der Waals surface area (Å²) in [4.78, 5) is 0. The van der Waals surface area contributed by atoms with Crippen molar-refractivity contribution in [3.63, 3.8) is 0 Å². The second-order valence-electron chi connectivity index (χ2n) is 4.23. The van der Waals surface area contributed by atoms with E-state index in [1.54, 1.807) is 19.2 Å². The molecule has 0 saturated carbocycles. The van der Waals surface area contributed by atoms with Crippen LogP contribution in [0.3, 0.4) is 0 Å². The van der Waals surface area contributed by atoms with Crippen LogP contribution in [-0.4, -0.2) is 12.2 Å². The lowest BCUT2D eigenvalue weighted by Gasteiger charge is -2.08. The molecular weight excluding hydrogens is 204 g/mol. The molecule has 1 aliphatic rings. The molecule has 0 unspecified atom stereocenters. The number of methoxy groups -OCH3 is 1. The van der Waals surface area contributed by atoms with Gasteiger partial charge in [0.25, 0.3) is 0 Å². The van der Waals surface area contributed by atoms with Crippen molar-refractivity contribution in [1.29, 1.82) is 0 Å². The number of phenols is 1. The number of hydrogen-bond acceptors (Lipinski definition) is 3. The lowest BCUT2D eigenvalue weighted by Crippen LogP contribution is -1.98. The fraction of sp³-hybridized carbons (Fsp3) is 0.385. The predicted molar refractivity (Wildman–Crippen MR) is 61.1 cm³/mol. The molecule has 84 valence electrons. The van der Waals surface area contributed by atoms with Crippen molar-refractivity contribution in [3.05, 3.63) is 23.5 Å². The first-order chi connectivity index (χ1) is 7.79. The zero-order valence-corrected chi connectivity index (χ0v) is 9.25. The molecule has 0 fully saturated rings. The van der Waals surface area contributed by atoms with Gasteiger partial charge in [-0.15, -0.1) is 0 Å². The molecule has 2 aromatic rings. The third-order valence-corrected chi connectivity index (χ3v) is 3.26. The van der Waals surface area contributed by atoms with Crippen LogP contribution in [0, 0.1) is 0 Å². The third kappa shape index (κ3) is 1.28. The van der Waals surface area contributed by atoms with Crippen molar-refractivity contribution < 1.29 is 14.3 Å². The van der Waals surface area contributed by atoms with Crippen molar-refractivity contribution in [2.75, 3.05) is 7.11 Å². The van der Waals surface area contributed by atoms with Gasteiger partial charge in [0.1, 0.15) is 11.3 Å². The van der Waals surface area contributed by atoms with Crippen LogP contribution in [0.5, 0.6) is 11.5 Å². The first kappa shape index (κ1) is 9.58. The zero-order valence-electron chi connectivity index (χ0n) is 9.25. The quantitative estimate of drug-likeness (QED) is 0.800. The minimum atomic E-state index is 0.184. The summed E-state index contributed by atoms with van der Waals surface area (Å²) in [6.45, 7) is 0. The number of fused-ring (bicyclic) bond motifs is 3. The fourth-order valence-electron chi connectivity index (χ4n) is 2.44. The number of phenolic OH excluding ortho intramolecular Hbond substituents is 1. The molecule has 3 heteroatoms. The van der Waals surface area contributed by atoms with Crippen molar-refractivity contribution in [3.8, 4) is 11.5 Å². The number of aryl methyl sites for hydroxylation is 2. The average molecular weight is 218 g/mol. The number of benzene rings is 1. The lowest BCUT2D eigenvalue weighted by molar-refractivity contribution is 0.373. The standard InChI is InChI=1S/C13H14O3/c1-15-13-7-12-9(6-10(13)14)8-4-2-3-5-11(8)16-12/h6-7,14H,2-5H2,1H3. The summed E-state index contributed by atoms with van der Waals surface area (Å²) >= 11 is 0. The second-order valence-corrected chi connectivity index (χ2v) is 4.23. The summed E-state index contributed by atoms with van der Waals surface area (Å²) in [5, 5.41) is 10.8. The van der Waals surface area contributed by atoms with Crippen molar-refractivity contribution >= 4 is 11.0 Å². The smallest absolute Gasteiger partial charge is 0.164 e. The van der Waals surface area contributed by atoms with Crippen molar-refractivity contribution in [1.82, 2.24) is 0 Å². The molecule has 0 spiro atoms. The van der Waals surface area contributed by atoms with E-state index in [1.165, 1.54) is 18.4 Å². The molecule has 0 radical (unpaired) electrons. The van der Waals surface area contributed by atoms with Crippen LogP contribution in [0.4, 0.5) is 0 Å². The monoisotopic (exact) mass is 218 g/mol. The van der Waals surface area contributed by atoms with E-state index in [-0.39, 0.29) is 5.75 Å². The molecule has 1 aromatic carbocycles. The van der Waals surface area contributed by atoms with E-state index in [1.807, 2.05) is 0 Å². The Labute approximate surface area is 93.6 Å². The first-order valence-electron chi connectivity index (χ1n) is 5.61. The van der Waals surface area contributed by atoms with E-state index in [0.29, 0.717) is 5.75 Å². The summed E-state index contributed by atoms with van der Waals surface area (Å²) in [5.74, 6) is 1.73. The highest BCUT2D eigenvalue weighted by Gasteiger charge is 2.19. The normalized spacial score (nSPS) is 15.1. The molecule has 1 aromatic heterocycles. The van der Waals surface area contributed by atoms with Gasteiger partial charge in [0, 0.05) is 23.4 Å². The van der Waals surface area contributed by atoms with Gasteiger partial charge in [-0.25, -0.2) is 0 Å². The molecule has 0 atom stereocenters. The van der Waals surface area contributed by atoms with Gasteiger partial charge in [0.15, 0.2) is 11.5 Å². The van der Waals surface area contributed by atoms with Gasteiger partial charge in [-0.3, -0.25) is 0 Å². The fourth-order valence-corrected chi connectivity index (χ4v) is 2.44. The van der Waals surface area contributed by atoms with Gasteiger partial charge >= 0.3 is 0 Å². The van der Waals surface area contributed by atoms with Crippen LogP contribution < -0.4 is 4.74 Å². The average Bonchev–Trinajstić information content (AvgIpc) is 2.66. The Morgan fingerprint density at radius 1 is 1.25 bits per heavy atom. The van der Waals surface area contributed by atoms with Gasteiger partial charge in [0.2, 0.25) is 0 Å². The zero-order chi connectivity index (χ0) is 11.1. The molecule has 0 aliphatic heterocycles. The summed E-state index contributed by atoms with van der Waals surface area (Å²) < 4.78 is 10.9. The van der Waals surface area contributed by atoms with Crippen LogP contribution in [0.15, 0.2) is 16.5 Å². The van der Waals surface area contributed by atoms with Gasteiger partial charge < -0.3 is 14.3 Å². The molecule has 3 rings (SSSR count). The summed E-state index contributed by atoms with van der Waals surface area (Å²) in [5.41, 5.74) is 2.08. The number of ether oxygens (including phenoxy) is 1. The van der Waals surface area contributed by atoms with Gasteiger partial charge in [-0.1, -0.05) is 0 Å². The molecule has 0 saturated heterocycles. The van der Waals surface area contributed by atoms with E-state index < -0.39 is 0 Å². The minimum Gasteiger partial charge on any atom is -0.504 e. The van der Waals surface area contributed by atoms with Crippen LogP contribution in [-0.2, 0) is 12.8 Å². The summed E-state index contributed by atoms with van der Waals surface area (Å²) in [6.07, 6.45) is 4.45. The second kappa shape index (κ2) is 3.44. The summed E-state index contributed by atoms with van der Waals surface area (Å²) in [6, 6.07) is 3.52. The Morgan fingerprint density at radius 3 is 2.88 bits per heavy atom. The molecule has 1 aliphatic carbocycles. The molecule has 0 bridgehead atoms. The predicted octanol–water partition coefficient (Wildman–Crippen LogP) is 3.03. The van der Waals surface area contributed by atoms with Crippen LogP contribution in [0.25, 0.3) is 11.0 Å². The topological polar surface area (TPSA) is 42.6 Å². The van der Waals surface area contributed by atoms with E-state index in [4.69, 9.17) is 9.15 Å². The Bertz CT molecular complexity index is 540. The maximum atomic E-state index is 9.76. The van der Waals surface area contributed by atoms with E-state index >= 15 is 0 Å². The van der Waals surface area contributed by atoms with Crippen molar-refractivity contribution in [2.45, 2.75) is 25.7 Å². The molecule has 1 N–H and O–H groups in total. The lowest BCUT2D eigenvalue weighted by atomic mass is 9.96.